The third kappa shape index (κ3) is 4.30. The molecule has 0 aliphatic carbocycles. The van der Waals surface area contributed by atoms with Crippen LogP contribution >= 0.6 is 0 Å². The van der Waals surface area contributed by atoms with Crippen LogP contribution in [0.3, 0.4) is 0 Å². The minimum Gasteiger partial charge on any atom is -0.308 e. The van der Waals surface area contributed by atoms with Crippen molar-refractivity contribution in [2.45, 2.75) is 11.8 Å². The Labute approximate surface area is 123 Å². The fourth-order valence-corrected chi connectivity index (χ4v) is 2.24. The number of nitrogens with one attached hydrogen (secondary N) is 2. The predicted molar refractivity (Wildman–Crippen MR) is 81.6 cm³/mol. The number of anilines is 2. The van der Waals surface area contributed by atoms with Crippen LogP contribution in [0, 0.1) is 6.92 Å². The summed E-state index contributed by atoms with van der Waals surface area (Å²) in [7, 11) is -3.80. The number of benzene rings is 2. The summed E-state index contributed by atoms with van der Waals surface area (Å²) in [6.45, 7) is 1.95. The highest BCUT2D eigenvalue weighted by molar-refractivity contribution is 7.89. The predicted octanol–water partition coefficient (Wildman–Crippen LogP) is 2.29. The van der Waals surface area contributed by atoms with Crippen LogP contribution in [0.1, 0.15) is 5.56 Å². The molecule has 0 bridgehead atoms. The van der Waals surface area contributed by atoms with Gasteiger partial charge >= 0.3 is 6.03 Å². The minimum absolute atomic E-state index is 0.0596. The Morgan fingerprint density at radius 1 is 1.00 bits per heavy atom. The van der Waals surface area contributed by atoms with Gasteiger partial charge in [0, 0.05) is 11.4 Å². The van der Waals surface area contributed by atoms with E-state index in [4.69, 9.17) is 5.14 Å². The van der Waals surface area contributed by atoms with Crippen LogP contribution in [0.2, 0.25) is 0 Å². The number of nitrogens with two attached hydrogens (primary N) is 1. The van der Waals surface area contributed by atoms with E-state index < -0.39 is 16.1 Å². The highest BCUT2D eigenvalue weighted by Crippen LogP contribution is 2.15. The molecule has 0 saturated heterocycles. The number of carbonyl (C=O) groups is 1. The first-order chi connectivity index (χ1) is 9.84. The van der Waals surface area contributed by atoms with E-state index in [-0.39, 0.29) is 4.90 Å². The number of aryl methyl sites for hydroxylation is 1. The summed E-state index contributed by atoms with van der Waals surface area (Å²) in [5, 5.41) is 10.2. The number of rotatable bonds is 3. The third-order valence-electron chi connectivity index (χ3n) is 2.73. The molecule has 0 saturated carbocycles. The maximum Gasteiger partial charge on any atom is 0.323 e. The lowest BCUT2D eigenvalue weighted by atomic mass is 10.2. The number of sulfonamides is 1. The van der Waals surface area contributed by atoms with Crippen molar-refractivity contribution in [3.8, 4) is 0 Å². The summed E-state index contributed by atoms with van der Waals surface area (Å²) >= 11 is 0. The molecule has 2 rings (SSSR count). The lowest BCUT2D eigenvalue weighted by molar-refractivity contribution is 0.262. The molecule has 0 heterocycles. The molecule has 110 valence electrons. The van der Waals surface area contributed by atoms with Crippen molar-refractivity contribution in [2.24, 2.45) is 5.14 Å². The Hall–Kier alpha value is -2.38. The van der Waals surface area contributed by atoms with Gasteiger partial charge in [0.1, 0.15) is 0 Å². The smallest absolute Gasteiger partial charge is 0.308 e. The molecule has 2 aromatic carbocycles. The Morgan fingerprint density at radius 3 is 2.24 bits per heavy atom. The number of primary sulfonamides is 1. The van der Waals surface area contributed by atoms with Gasteiger partial charge in [-0.1, -0.05) is 23.8 Å². The molecule has 6 nitrogen and oxygen atoms in total. The van der Waals surface area contributed by atoms with Crippen molar-refractivity contribution in [3.63, 3.8) is 0 Å². The number of amides is 2. The highest BCUT2D eigenvalue weighted by atomic mass is 32.2. The fraction of sp³-hybridized carbons (Fsp3) is 0.0714. The summed E-state index contributed by atoms with van der Waals surface area (Å²) in [6.07, 6.45) is 0. The quantitative estimate of drug-likeness (QED) is 0.810. The van der Waals surface area contributed by atoms with Gasteiger partial charge in [-0.05, 0) is 37.3 Å². The van der Waals surface area contributed by atoms with E-state index in [0.29, 0.717) is 11.4 Å². The summed E-state index contributed by atoms with van der Waals surface area (Å²) in [4.78, 5) is 11.8. The van der Waals surface area contributed by atoms with E-state index in [1.54, 1.807) is 18.2 Å². The average Bonchev–Trinajstić information content (AvgIpc) is 2.41. The van der Waals surface area contributed by atoms with Gasteiger partial charge < -0.3 is 10.6 Å². The average molecular weight is 305 g/mol. The van der Waals surface area contributed by atoms with E-state index in [1.165, 1.54) is 18.2 Å². The van der Waals surface area contributed by atoms with Gasteiger partial charge in [-0.25, -0.2) is 18.4 Å². The van der Waals surface area contributed by atoms with Crippen LogP contribution in [0.15, 0.2) is 53.4 Å². The molecule has 0 spiro atoms. The summed E-state index contributed by atoms with van der Waals surface area (Å²) < 4.78 is 22.5. The Kier molecular flexibility index (Phi) is 4.25. The van der Waals surface area contributed by atoms with Crippen molar-refractivity contribution < 1.29 is 13.2 Å². The minimum atomic E-state index is -3.80. The third-order valence-corrected chi connectivity index (χ3v) is 3.64. The first kappa shape index (κ1) is 15.0. The van der Waals surface area contributed by atoms with Crippen LogP contribution in [0.25, 0.3) is 0 Å². The SMILES string of the molecule is Cc1ccc(NC(=O)Nc2cccc(S(N)(=O)=O)c2)cc1. The molecule has 0 unspecified atom stereocenters. The lowest BCUT2D eigenvalue weighted by Crippen LogP contribution is -2.20. The Bertz CT molecular complexity index is 755. The van der Waals surface area contributed by atoms with Crippen molar-refractivity contribution >= 4 is 27.4 Å². The number of carbonyl (C=O) groups excluding carboxylic acids is 1. The fourth-order valence-electron chi connectivity index (χ4n) is 1.68. The van der Waals surface area contributed by atoms with E-state index in [2.05, 4.69) is 10.6 Å². The van der Waals surface area contributed by atoms with Crippen LogP contribution in [-0.2, 0) is 10.0 Å². The number of urea groups is 1. The highest BCUT2D eigenvalue weighted by Gasteiger charge is 2.09. The zero-order chi connectivity index (χ0) is 15.5. The van der Waals surface area contributed by atoms with Gasteiger partial charge in [0.05, 0.1) is 4.90 Å². The van der Waals surface area contributed by atoms with Crippen LogP contribution in [0.4, 0.5) is 16.2 Å². The van der Waals surface area contributed by atoms with Crippen molar-refractivity contribution in [2.75, 3.05) is 10.6 Å². The molecule has 7 heteroatoms. The zero-order valence-electron chi connectivity index (χ0n) is 11.3. The second kappa shape index (κ2) is 5.94. The van der Waals surface area contributed by atoms with Gasteiger partial charge in [0.15, 0.2) is 0 Å². The molecule has 0 radical (unpaired) electrons. The first-order valence-electron chi connectivity index (χ1n) is 6.12. The molecule has 4 N–H and O–H groups in total. The van der Waals surface area contributed by atoms with Crippen molar-refractivity contribution in [1.82, 2.24) is 0 Å². The summed E-state index contributed by atoms with van der Waals surface area (Å²) in [5.41, 5.74) is 2.06. The van der Waals surface area contributed by atoms with Gasteiger partial charge in [0.2, 0.25) is 10.0 Å². The number of hydrogen-bond acceptors (Lipinski definition) is 3. The van der Waals surface area contributed by atoms with Gasteiger partial charge in [0.25, 0.3) is 0 Å². The molecule has 0 aliphatic heterocycles. The van der Waals surface area contributed by atoms with Gasteiger partial charge in [-0.3, -0.25) is 0 Å². The van der Waals surface area contributed by atoms with Crippen LogP contribution in [-0.4, -0.2) is 14.4 Å². The first-order valence-corrected chi connectivity index (χ1v) is 7.67. The molecule has 0 fully saturated rings. The maximum atomic E-state index is 11.8. The lowest BCUT2D eigenvalue weighted by Gasteiger charge is -2.08. The van der Waals surface area contributed by atoms with Crippen molar-refractivity contribution in [3.05, 3.63) is 54.1 Å². The topological polar surface area (TPSA) is 101 Å². The van der Waals surface area contributed by atoms with Crippen LogP contribution in [0.5, 0.6) is 0 Å². The Morgan fingerprint density at radius 2 is 1.62 bits per heavy atom. The van der Waals surface area contributed by atoms with E-state index in [1.807, 2.05) is 19.1 Å². The molecule has 2 amide bonds. The van der Waals surface area contributed by atoms with E-state index in [9.17, 15) is 13.2 Å². The summed E-state index contributed by atoms with van der Waals surface area (Å²) in [5.74, 6) is 0. The molecular weight excluding hydrogens is 290 g/mol. The molecule has 2 aromatic rings. The van der Waals surface area contributed by atoms with E-state index >= 15 is 0 Å². The maximum absolute atomic E-state index is 11.8. The second-order valence-electron chi connectivity index (χ2n) is 4.52. The van der Waals surface area contributed by atoms with E-state index in [0.717, 1.165) is 5.56 Å². The second-order valence-corrected chi connectivity index (χ2v) is 6.08. The molecule has 21 heavy (non-hydrogen) atoms. The van der Waals surface area contributed by atoms with Gasteiger partial charge in [-0.15, -0.1) is 0 Å². The van der Waals surface area contributed by atoms with Gasteiger partial charge in [-0.2, -0.15) is 0 Å². The normalized spacial score (nSPS) is 11.0. The molecule has 0 aliphatic rings. The molecule has 0 aromatic heterocycles. The molecular formula is C14H15N3O3S. The van der Waals surface area contributed by atoms with Crippen LogP contribution < -0.4 is 15.8 Å². The largest absolute Gasteiger partial charge is 0.323 e. The number of hydrogen-bond donors (Lipinski definition) is 3. The molecule has 0 atom stereocenters. The Balaban J connectivity index is 2.08. The monoisotopic (exact) mass is 305 g/mol. The zero-order valence-corrected chi connectivity index (χ0v) is 12.1. The van der Waals surface area contributed by atoms with Crippen molar-refractivity contribution in [1.29, 1.82) is 0 Å². The summed E-state index contributed by atoms with van der Waals surface area (Å²) in [6, 6.07) is 12.6. The standard InChI is InChI=1S/C14H15N3O3S/c1-10-5-7-11(8-6-10)16-14(18)17-12-3-2-4-13(9-12)21(15,19)20/h2-9H,1H3,(H2,15,19,20)(H2,16,17,18).